The van der Waals surface area contributed by atoms with Crippen molar-refractivity contribution < 1.29 is 0 Å². The molecule has 0 aliphatic heterocycles. The maximum Gasteiger partial charge on any atom is 0.0299 e. The molecule has 1 heteroatoms. The molecule has 0 spiro atoms. The van der Waals surface area contributed by atoms with E-state index in [0.29, 0.717) is 0 Å². The van der Waals surface area contributed by atoms with Crippen molar-refractivity contribution in [1.29, 1.82) is 0 Å². The molecule has 82 valence electrons. The normalized spacial score (nSPS) is 10.3. The van der Waals surface area contributed by atoms with E-state index in [2.05, 4.69) is 48.3 Å². The van der Waals surface area contributed by atoms with E-state index in [0.717, 1.165) is 12.8 Å². The molecule has 0 N–H and O–H groups in total. The largest absolute Gasteiger partial charge is 0.264 e. The molecule has 0 amide bonds. The van der Waals surface area contributed by atoms with Crippen molar-refractivity contribution in [3.63, 3.8) is 0 Å². The van der Waals surface area contributed by atoms with E-state index in [1.54, 1.807) is 0 Å². The van der Waals surface area contributed by atoms with Crippen LogP contribution in [0.1, 0.15) is 23.1 Å². The summed E-state index contributed by atoms with van der Waals surface area (Å²) in [6.07, 6.45) is 7.32. The summed E-state index contributed by atoms with van der Waals surface area (Å²) in [6, 6.07) is 12.8. The molecular weight excluding hydrogens is 194 g/mol. The van der Waals surface area contributed by atoms with Crippen LogP contribution in [0.2, 0.25) is 0 Å². The standard InChI is InChI=1S/C15H17N/c1-13-12-16-11-10-15(13)9-5-8-14-6-3-2-4-7-14/h2-4,6-7,10-12H,5,8-9H2,1H3. The molecule has 16 heavy (non-hydrogen) atoms. The van der Waals surface area contributed by atoms with Gasteiger partial charge in [-0.3, -0.25) is 4.98 Å². The van der Waals surface area contributed by atoms with E-state index in [1.807, 2.05) is 12.4 Å². The zero-order valence-corrected chi connectivity index (χ0v) is 9.69. The highest BCUT2D eigenvalue weighted by atomic mass is 14.6. The summed E-state index contributed by atoms with van der Waals surface area (Å²) in [5, 5.41) is 0. The molecule has 0 aliphatic carbocycles. The number of aromatic nitrogens is 1. The van der Waals surface area contributed by atoms with Gasteiger partial charge in [-0.15, -0.1) is 0 Å². The quantitative estimate of drug-likeness (QED) is 0.753. The van der Waals surface area contributed by atoms with Crippen molar-refractivity contribution >= 4 is 0 Å². The number of hydrogen-bond donors (Lipinski definition) is 0. The van der Waals surface area contributed by atoms with Crippen molar-refractivity contribution in [1.82, 2.24) is 4.98 Å². The molecule has 0 atom stereocenters. The fraction of sp³-hybridized carbons (Fsp3) is 0.267. The molecule has 1 aromatic heterocycles. The van der Waals surface area contributed by atoms with Gasteiger partial charge in [0.15, 0.2) is 0 Å². The molecule has 0 radical (unpaired) electrons. The first-order valence-electron chi connectivity index (χ1n) is 5.79. The maximum atomic E-state index is 4.11. The van der Waals surface area contributed by atoms with Gasteiger partial charge in [-0.2, -0.15) is 0 Å². The van der Waals surface area contributed by atoms with E-state index in [1.165, 1.54) is 23.1 Å². The molecule has 1 aromatic carbocycles. The third-order valence-electron chi connectivity index (χ3n) is 2.89. The molecule has 1 nitrogen and oxygen atoms in total. The molecule has 2 aromatic rings. The summed E-state index contributed by atoms with van der Waals surface area (Å²) in [6.45, 7) is 2.13. The van der Waals surface area contributed by atoms with Crippen LogP contribution in [0, 0.1) is 6.92 Å². The predicted octanol–water partition coefficient (Wildman–Crippen LogP) is 3.57. The van der Waals surface area contributed by atoms with Crippen LogP contribution in [-0.4, -0.2) is 4.98 Å². The van der Waals surface area contributed by atoms with Crippen molar-refractivity contribution in [3.8, 4) is 0 Å². The Labute approximate surface area is 97.2 Å². The lowest BCUT2D eigenvalue weighted by Gasteiger charge is -2.04. The molecule has 0 saturated carbocycles. The van der Waals surface area contributed by atoms with Crippen LogP contribution in [-0.2, 0) is 12.8 Å². The first-order chi connectivity index (χ1) is 7.86. The van der Waals surface area contributed by atoms with Crippen molar-refractivity contribution in [3.05, 3.63) is 65.5 Å². The Balaban J connectivity index is 1.87. The van der Waals surface area contributed by atoms with Crippen LogP contribution in [0.4, 0.5) is 0 Å². The lowest BCUT2D eigenvalue weighted by atomic mass is 10.0. The van der Waals surface area contributed by atoms with Crippen LogP contribution < -0.4 is 0 Å². The Hall–Kier alpha value is -1.63. The van der Waals surface area contributed by atoms with Crippen molar-refractivity contribution in [2.45, 2.75) is 26.2 Å². The van der Waals surface area contributed by atoms with Gasteiger partial charge in [0.25, 0.3) is 0 Å². The minimum Gasteiger partial charge on any atom is -0.264 e. The van der Waals surface area contributed by atoms with Gasteiger partial charge in [-0.1, -0.05) is 30.3 Å². The molecule has 0 unspecified atom stereocenters. The molecule has 0 bridgehead atoms. The fourth-order valence-corrected chi connectivity index (χ4v) is 1.91. The van der Waals surface area contributed by atoms with Crippen LogP contribution in [0.15, 0.2) is 48.8 Å². The second kappa shape index (κ2) is 5.45. The van der Waals surface area contributed by atoms with E-state index < -0.39 is 0 Å². The number of rotatable bonds is 4. The average molecular weight is 211 g/mol. The Morgan fingerprint density at radius 3 is 2.56 bits per heavy atom. The minimum atomic E-state index is 1.14. The first-order valence-corrected chi connectivity index (χ1v) is 5.79. The number of nitrogens with zero attached hydrogens (tertiary/aromatic N) is 1. The van der Waals surface area contributed by atoms with E-state index in [-0.39, 0.29) is 0 Å². The minimum absolute atomic E-state index is 1.14. The zero-order chi connectivity index (χ0) is 11.2. The number of benzene rings is 1. The van der Waals surface area contributed by atoms with Gasteiger partial charge in [-0.25, -0.2) is 0 Å². The SMILES string of the molecule is Cc1cnccc1CCCc1ccccc1. The van der Waals surface area contributed by atoms with Crippen LogP contribution >= 0.6 is 0 Å². The average Bonchev–Trinajstić information content (AvgIpc) is 2.33. The van der Waals surface area contributed by atoms with E-state index >= 15 is 0 Å². The molecule has 2 rings (SSSR count). The predicted molar refractivity (Wildman–Crippen MR) is 67.4 cm³/mol. The Kier molecular flexibility index (Phi) is 3.71. The summed E-state index contributed by atoms with van der Waals surface area (Å²) in [5.41, 5.74) is 4.15. The summed E-state index contributed by atoms with van der Waals surface area (Å²) >= 11 is 0. The zero-order valence-electron chi connectivity index (χ0n) is 9.69. The number of hydrogen-bond acceptors (Lipinski definition) is 1. The summed E-state index contributed by atoms with van der Waals surface area (Å²) in [7, 11) is 0. The number of aryl methyl sites for hydroxylation is 3. The molecular formula is C15H17N. The second-order valence-corrected chi connectivity index (χ2v) is 4.14. The molecule has 0 saturated heterocycles. The molecule has 1 heterocycles. The second-order valence-electron chi connectivity index (χ2n) is 4.14. The van der Waals surface area contributed by atoms with Gasteiger partial charge in [0.05, 0.1) is 0 Å². The van der Waals surface area contributed by atoms with E-state index in [9.17, 15) is 0 Å². The van der Waals surface area contributed by atoms with Crippen LogP contribution in [0.5, 0.6) is 0 Å². The summed E-state index contributed by atoms with van der Waals surface area (Å²) in [4.78, 5) is 4.11. The highest BCUT2D eigenvalue weighted by Crippen LogP contribution is 2.10. The third-order valence-corrected chi connectivity index (χ3v) is 2.89. The first kappa shape index (κ1) is 10.9. The lowest BCUT2D eigenvalue weighted by molar-refractivity contribution is 0.814. The van der Waals surface area contributed by atoms with Crippen LogP contribution in [0.3, 0.4) is 0 Å². The highest BCUT2D eigenvalue weighted by molar-refractivity contribution is 5.22. The summed E-state index contributed by atoms with van der Waals surface area (Å²) < 4.78 is 0. The van der Waals surface area contributed by atoms with Gasteiger partial charge in [0.1, 0.15) is 0 Å². The maximum absolute atomic E-state index is 4.11. The van der Waals surface area contributed by atoms with Gasteiger partial charge < -0.3 is 0 Å². The van der Waals surface area contributed by atoms with E-state index in [4.69, 9.17) is 0 Å². The molecule has 0 aliphatic rings. The highest BCUT2D eigenvalue weighted by Gasteiger charge is 1.98. The van der Waals surface area contributed by atoms with Gasteiger partial charge in [-0.05, 0) is 48.9 Å². The molecule has 0 fully saturated rings. The lowest BCUT2D eigenvalue weighted by Crippen LogP contribution is -1.93. The smallest absolute Gasteiger partial charge is 0.0299 e. The van der Waals surface area contributed by atoms with Crippen molar-refractivity contribution in [2.75, 3.05) is 0 Å². The Morgan fingerprint density at radius 2 is 1.81 bits per heavy atom. The monoisotopic (exact) mass is 211 g/mol. The van der Waals surface area contributed by atoms with Crippen molar-refractivity contribution in [2.24, 2.45) is 0 Å². The third kappa shape index (κ3) is 2.93. The van der Waals surface area contributed by atoms with Crippen LogP contribution in [0.25, 0.3) is 0 Å². The summed E-state index contributed by atoms with van der Waals surface area (Å²) in [5.74, 6) is 0. The fourth-order valence-electron chi connectivity index (χ4n) is 1.91. The van der Waals surface area contributed by atoms with Gasteiger partial charge in [0, 0.05) is 12.4 Å². The van der Waals surface area contributed by atoms with Gasteiger partial charge >= 0.3 is 0 Å². The Morgan fingerprint density at radius 1 is 1.00 bits per heavy atom. The Bertz CT molecular complexity index is 434. The topological polar surface area (TPSA) is 12.9 Å². The number of pyridine rings is 1. The van der Waals surface area contributed by atoms with Gasteiger partial charge in [0.2, 0.25) is 0 Å².